The SMILES string of the molecule is CCNC(=NCC(=O)NC(C)(C)C)NC1CC1c1ccc(Br)cc1.I. The van der Waals surface area contributed by atoms with Crippen LogP contribution >= 0.6 is 39.9 Å². The quantitative estimate of drug-likeness (QED) is 0.315. The molecule has 2 rings (SSSR count). The predicted molar refractivity (Wildman–Crippen MR) is 118 cm³/mol. The van der Waals surface area contributed by atoms with Crippen LogP contribution < -0.4 is 16.0 Å². The van der Waals surface area contributed by atoms with Crippen molar-refractivity contribution in [2.45, 2.75) is 51.6 Å². The van der Waals surface area contributed by atoms with Gasteiger partial charge < -0.3 is 16.0 Å². The highest BCUT2D eigenvalue weighted by molar-refractivity contribution is 14.0. The Hall–Kier alpha value is -0.830. The molecule has 0 aromatic heterocycles. The number of aliphatic imine (C=N–C) groups is 1. The summed E-state index contributed by atoms with van der Waals surface area (Å²) >= 11 is 3.46. The summed E-state index contributed by atoms with van der Waals surface area (Å²) < 4.78 is 1.09. The van der Waals surface area contributed by atoms with E-state index >= 15 is 0 Å². The van der Waals surface area contributed by atoms with Crippen molar-refractivity contribution in [2.24, 2.45) is 4.99 Å². The average Bonchev–Trinajstić information content (AvgIpc) is 3.23. The maximum atomic E-state index is 11.9. The van der Waals surface area contributed by atoms with E-state index in [-0.39, 0.29) is 42.0 Å². The van der Waals surface area contributed by atoms with Crippen LogP contribution in [0.15, 0.2) is 33.7 Å². The topological polar surface area (TPSA) is 65.5 Å². The van der Waals surface area contributed by atoms with Gasteiger partial charge in [-0.2, -0.15) is 0 Å². The van der Waals surface area contributed by atoms with E-state index in [2.05, 4.69) is 61.1 Å². The lowest BCUT2D eigenvalue weighted by Crippen LogP contribution is -2.43. The Labute approximate surface area is 176 Å². The number of hydrogen-bond acceptors (Lipinski definition) is 2. The largest absolute Gasteiger partial charge is 0.357 e. The zero-order valence-electron chi connectivity index (χ0n) is 15.2. The smallest absolute Gasteiger partial charge is 0.242 e. The number of carbonyl (C=O) groups excluding carboxylic acids is 1. The first-order valence-corrected chi connectivity index (χ1v) is 9.19. The first-order chi connectivity index (χ1) is 11.3. The second-order valence-electron chi connectivity index (χ2n) is 7.14. The Balaban J connectivity index is 0.00000312. The first kappa shape index (κ1) is 22.2. The van der Waals surface area contributed by atoms with Gasteiger partial charge >= 0.3 is 0 Å². The van der Waals surface area contributed by atoms with Crippen molar-refractivity contribution in [2.75, 3.05) is 13.1 Å². The lowest BCUT2D eigenvalue weighted by atomic mass is 10.1. The monoisotopic (exact) mass is 522 g/mol. The molecule has 1 fully saturated rings. The van der Waals surface area contributed by atoms with Gasteiger partial charge in [0.1, 0.15) is 6.54 Å². The Morgan fingerprint density at radius 3 is 2.48 bits per heavy atom. The summed E-state index contributed by atoms with van der Waals surface area (Å²) in [6.45, 7) is 8.80. The molecule has 3 N–H and O–H groups in total. The summed E-state index contributed by atoms with van der Waals surface area (Å²) in [7, 11) is 0. The molecule has 1 aliphatic rings. The van der Waals surface area contributed by atoms with Crippen LogP contribution in [0.1, 0.15) is 45.6 Å². The van der Waals surface area contributed by atoms with Crippen molar-refractivity contribution < 1.29 is 4.79 Å². The number of nitrogens with zero attached hydrogens (tertiary/aromatic N) is 1. The van der Waals surface area contributed by atoms with Crippen molar-refractivity contribution in [3.05, 3.63) is 34.3 Å². The molecule has 2 unspecified atom stereocenters. The first-order valence-electron chi connectivity index (χ1n) is 8.40. The van der Waals surface area contributed by atoms with Crippen molar-refractivity contribution in [3.63, 3.8) is 0 Å². The van der Waals surface area contributed by atoms with E-state index in [1.807, 2.05) is 27.7 Å². The van der Waals surface area contributed by atoms with Crippen LogP contribution in [0.5, 0.6) is 0 Å². The van der Waals surface area contributed by atoms with Crippen molar-refractivity contribution >= 4 is 51.8 Å². The van der Waals surface area contributed by atoms with E-state index in [1.54, 1.807) is 0 Å². The van der Waals surface area contributed by atoms with Crippen LogP contribution in [0.2, 0.25) is 0 Å². The van der Waals surface area contributed by atoms with Gasteiger partial charge in [0, 0.05) is 28.5 Å². The number of rotatable bonds is 5. The number of carbonyl (C=O) groups is 1. The fraction of sp³-hybridized carbons (Fsp3) is 0.556. The van der Waals surface area contributed by atoms with E-state index in [0.717, 1.165) is 17.4 Å². The Morgan fingerprint density at radius 2 is 1.92 bits per heavy atom. The van der Waals surface area contributed by atoms with E-state index in [9.17, 15) is 4.79 Å². The minimum atomic E-state index is -0.235. The summed E-state index contributed by atoms with van der Waals surface area (Å²) in [5, 5.41) is 9.54. The molecular weight excluding hydrogens is 495 g/mol. The van der Waals surface area contributed by atoms with Gasteiger partial charge in [-0.3, -0.25) is 4.79 Å². The Kier molecular flexibility index (Phi) is 8.67. The number of nitrogens with one attached hydrogen (secondary N) is 3. The predicted octanol–water partition coefficient (Wildman–Crippen LogP) is 3.39. The molecule has 0 aliphatic heterocycles. The van der Waals surface area contributed by atoms with Crippen LogP contribution in [0.4, 0.5) is 0 Å². The molecule has 25 heavy (non-hydrogen) atoms. The molecule has 1 saturated carbocycles. The highest BCUT2D eigenvalue weighted by Gasteiger charge is 2.38. The molecule has 5 nitrogen and oxygen atoms in total. The Bertz CT molecular complexity index is 598. The highest BCUT2D eigenvalue weighted by Crippen LogP contribution is 2.40. The molecule has 0 radical (unpaired) electrons. The third-order valence-electron chi connectivity index (χ3n) is 3.65. The fourth-order valence-corrected chi connectivity index (χ4v) is 2.80. The molecule has 1 aliphatic carbocycles. The zero-order valence-corrected chi connectivity index (χ0v) is 19.1. The maximum absolute atomic E-state index is 11.9. The van der Waals surface area contributed by atoms with Crippen molar-refractivity contribution in [1.29, 1.82) is 0 Å². The Morgan fingerprint density at radius 1 is 1.28 bits per heavy atom. The molecule has 140 valence electrons. The van der Waals surface area contributed by atoms with E-state index < -0.39 is 0 Å². The summed E-state index contributed by atoms with van der Waals surface area (Å²) in [5.74, 6) is 1.14. The standard InChI is InChI=1S/C18H27BrN4O.HI/c1-5-20-17(21-11-16(24)23-18(2,3)4)22-15-10-14(15)12-6-8-13(19)9-7-12;/h6-9,14-15H,5,10-11H2,1-4H3,(H,23,24)(H2,20,21,22);1H. The van der Waals surface area contributed by atoms with Crippen LogP contribution in [-0.4, -0.2) is 36.5 Å². The van der Waals surface area contributed by atoms with Gasteiger partial charge in [0.25, 0.3) is 0 Å². The number of halogens is 2. The molecule has 0 spiro atoms. The van der Waals surface area contributed by atoms with Crippen LogP contribution in [-0.2, 0) is 4.79 Å². The molecule has 2 atom stereocenters. The van der Waals surface area contributed by atoms with Gasteiger partial charge in [-0.05, 0) is 51.8 Å². The van der Waals surface area contributed by atoms with E-state index in [1.165, 1.54) is 5.56 Å². The van der Waals surface area contributed by atoms with Crippen molar-refractivity contribution in [3.8, 4) is 0 Å². The van der Waals surface area contributed by atoms with Gasteiger partial charge in [-0.1, -0.05) is 28.1 Å². The minimum absolute atomic E-state index is 0. The third kappa shape index (κ3) is 7.94. The zero-order chi connectivity index (χ0) is 17.7. The van der Waals surface area contributed by atoms with Gasteiger partial charge in [-0.15, -0.1) is 24.0 Å². The number of guanidine groups is 1. The molecule has 0 bridgehead atoms. The lowest BCUT2D eigenvalue weighted by molar-refractivity contribution is -0.121. The number of benzene rings is 1. The van der Waals surface area contributed by atoms with Crippen LogP contribution in [0.3, 0.4) is 0 Å². The molecule has 7 heteroatoms. The number of amides is 1. The average molecular weight is 523 g/mol. The summed E-state index contributed by atoms with van der Waals surface area (Å²) in [4.78, 5) is 16.3. The molecule has 1 aromatic rings. The third-order valence-corrected chi connectivity index (χ3v) is 4.18. The van der Waals surface area contributed by atoms with Crippen LogP contribution in [0.25, 0.3) is 0 Å². The summed E-state index contributed by atoms with van der Waals surface area (Å²) in [6, 6.07) is 8.81. The maximum Gasteiger partial charge on any atom is 0.242 e. The lowest BCUT2D eigenvalue weighted by Gasteiger charge is -2.20. The molecule has 1 amide bonds. The minimum Gasteiger partial charge on any atom is -0.357 e. The second-order valence-corrected chi connectivity index (χ2v) is 8.05. The second kappa shape index (κ2) is 9.75. The normalized spacial score (nSPS) is 19.6. The number of hydrogen-bond donors (Lipinski definition) is 3. The van der Waals surface area contributed by atoms with Crippen molar-refractivity contribution in [1.82, 2.24) is 16.0 Å². The fourth-order valence-electron chi connectivity index (χ4n) is 2.54. The van der Waals surface area contributed by atoms with Gasteiger partial charge in [0.2, 0.25) is 5.91 Å². The molecular formula is C18H28BrIN4O. The molecule has 1 aromatic carbocycles. The van der Waals surface area contributed by atoms with Gasteiger partial charge in [-0.25, -0.2) is 4.99 Å². The van der Waals surface area contributed by atoms with Crippen LogP contribution in [0, 0.1) is 0 Å². The summed E-state index contributed by atoms with van der Waals surface area (Å²) in [5.41, 5.74) is 1.10. The van der Waals surface area contributed by atoms with E-state index in [0.29, 0.717) is 17.9 Å². The highest BCUT2D eigenvalue weighted by atomic mass is 127. The van der Waals surface area contributed by atoms with Gasteiger partial charge in [0.15, 0.2) is 5.96 Å². The summed E-state index contributed by atoms with van der Waals surface area (Å²) in [6.07, 6.45) is 1.08. The van der Waals surface area contributed by atoms with Gasteiger partial charge in [0.05, 0.1) is 0 Å². The van der Waals surface area contributed by atoms with E-state index in [4.69, 9.17) is 0 Å². The molecule has 0 saturated heterocycles. The molecule has 0 heterocycles.